The topological polar surface area (TPSA) is 31.6 Å². The number of aryl methyl sites for hydroxylation is 1. The molecule has 0 aromatic carbocycles. The molecule has 0 radical (unpaired) electrons. The van der Waals surface area contributed by atoms with Crippen LogP contribution >= 0.6 is 0 Å². The van der Waals surface area contributed by atoms with Crippen molar-refractivity contribution in [3.63, 3.8) is 0 Å². The van der Waals surface area contributed by atoms with E-state index in [1.54, 1.807) is 0 Å². The van der Waals surface area contributed by atoms with Gasteiger partial charge in [-0.2, -0.15) is 36.2 Å². The van der Waals surface area contributed by atoms with Gasteiger partial charge in [0.05, 0.1) is 0 Å². The molecule has 2 aromatic heterocycles. The SMILES string of the molecule is CCCc1[c-][nH]cc1.[Ru+2].[c-]1ccc[nH]1. The van der Waals surface area contributed by atoms with Crippen LogP contribution in [0.4, 0.5) is 0 Å². The number of aromatic amines is 2. The van der Waals surface area contributed by atoms with E-state index in [-0.39, 0.29) is 19.5 Å². The fourth-order valence-corrected chi connectivity index (χ4v) is 0.974. The summed E-state index contributed by atoms with van der Waals surface area (Å²) in [5.74, 6) is 0. The van der Waals surface area contributed by atoms with Crippen LogP contribution in [0.3, 0.4) is 0 Å². The molecule has 76 valence electrons. The van der Waals surface area contributed by atoms with E-state index >= 15 is 0 Å². The van der Waals surface area contributed by atoms with E-state index < -0.39 is 0 Å². The van der Waals surface area contributed by atoms with Crippen LogP contribution < -0.4 is 0 Å². The number of H-pyrrole nitrogens is 2. The summed E-state index contributed by atoms with van der Waals surface area (Å²) in [6.45, 7) is 2.17. The number of aromatic nitrogens is 2. The van der Waals surface area contributed by atoms with Gasteiger partial charge in [-0.25, -0.2) is 0 Å². The first-order valence-corrected chi connectivity index (χ1v) is 4.47. The predicted molar refractivity (Wildman–Crippen MR) is 53.3 cm³/mol. The molecule has 2 heterocycles. The molecule has 0 fully saturated rings. The van der Waals surface area contributed by atoms with Crippen LogP contribution in [0.2, 0.25) is 0 Å². The van der Waals surface area contributed by atoms with Gasteiger partial charge in [0.25, 0.3) is 0 Å². The second-order valence-electron chi connectivity index (χ2n) is 2.69. The van der Waals surface area contributed by atoms with Gasteiger partial charge in [0, 0.05) is 0 Å². The Bertz CT molecular complexity index is 257. The minimum absolute atomic E-state index is 0. The van der Waals surface area contributed by atoms with Crippen molar-refractivity contribution in [2.75, 3.05) is 0 Å². The molecule has 0 unspecified atom stereocenters. The first kappa shape index (κ1) is 13.2. The Kier molecular flexibility index (Phi) is 8.26. The van der Waals surface area contributed by atoms with Crippen LogP contribution in [0.15, 0.2) is 30.6 Å². The molecule has 0 saturated heterocycles. The average Bonchev–Trinajstić information content (AvgIpc) is 2.79. The summed E-state index contributed by atoms with van der Waals surface area (Å²) < 4.78 is 0. The van der Waals surface area contributed by atoms with E-state index in [1.165, 1.54) is 12.0 Å². The van der Waals surface area contributed by atoms with Gasteiger partial charge in [-0.15, -0.1) is 12.4 Å². The van der Waals surface area contributed by atoms with E-state index in [4.69, 9.17) is 0 Å². The molecule has 0 amide bonds. The zero-order valence-corrected chi connectivity index (χ0v) is 9.89. The van der Waals surface area contributed by atoms with Crippen molar-refractivity contribution in [2.45, 2.75) is 19.8 Å². The smallest absolute Gasteiger partial charge is 0.484 e. The van der Waals surface area contributed by atoms with Crippen molar-refractivity contribution in [2.24, 2.45) is 0 Å². The molecule has 0 atom stereocenters. The Morgan fingerprint density at radius 1 is 1.29 bits per heavy atom. The third-order valence-electron chi connectivity index (χ3n) is 1.56. The summed E-state index contributed by atoms with van der Waals surface area (Å²) in [5.41, 5.74) is 1.28. The summed E-state index contributed by atoms with van der Waals surface area (Å²) >= 11 is 0. The molecule has 0 aliphatic heterocycles. The van der Waals surface area contributed by atoms with Gasteiger partial charge in [-0.3, -0.25) is 0 Å². The second kappa shape index (κ2) is 8.77. The Hall–Kier alpha value is -0.817. The van der Waals surface area contributed by atoms with E-state index in [0.29, 0.717) is 0 Å². The molecule has 0 spiro atoms. The minimum atomic E-state index is 0. The average molecular weight is 275 g/mol. The zero-order valence-electron chi connectivity index (χ0n) is 8.15. The van der Waals surface area contributed by atoms with Gasteiger partial charge in [0.15, 0.2) is 0 Å². The van der Waals surface area contributed by atoms with Gasteiger partial charge in [-0.05, 0) is 0 Å². The van der Waals surface area contributed by atoms with Crippen LogP contribution in [0.5, 0.6) is 0 Å². The molecular formula is C11H14N2Ru. The van der Waals surface area contributed by atoms with Crippen LogP contribution in [0, 0.1) is 12.4 Å². The molecule has 0 bridgehead atoms. The zero-order chi connectivity index (χ0) is 9.36. The maximum atomic E-state index is 3.01. The van der Waals surface area contributed by atoms with E-state index in [0.717, 1.165) is 6.42 Å². The molecule has 2 rings (SSSR count). The molecule has 0 aliphatic rings. The molecule has 2 nitrogen and oxygen atoms in total. The van der Waals surface area contributed by atoms with Crippen LogP contribution in [-0.2, 0) is 25.9 Å². The normalized spacial score (nSPS) is 8.36. The van der Waals surface area contributed by atoms with E-state index in [9.17, 15) is 0 Å². The first-order valence-electron chi connectivity index (χ1n) is 4.47. The van der Waals surface area contributed by atoms with Gasteiger partial charge < -0.3 is 9.97 Å². The quantitative estimate of drug-likeness (QED) is 0.623. The summed E-state index contributed by atoms with van der Waals surface area (Å²) in [5, 5.41) is 0. The van der Waals surface area contributed by atoms with E-state index in [1.807, 2.05) is 24.5 Å². The predicted octanol–water partition coefficient (Wildman–Crippen LogP) is 2.58. The molecule has 0 saturated carbocycles. The summed E-state index contributed by atoms with van der Waals surface area (Å²) in [7, 11) is 0. The third kappa shape index (κ3) is 5.76. The Morgan fingerprint density at radius 3 is 2.50 bits per heavy atom. The molecule has 2 N–H and O–H groups in total. The van der Waals surface area contributed by atoms with Crippen LogP contribution in [-0.4, -0.2) is 9.97 Å². The largest absolute Gasteiger partial charge is 2.00 e. The van der Waals surface area contributed by atoms with Gasteiger partial charge in [-0.1, -0.05) is 19.8 Å². The molecule has 2 aromatic rings. The van der Waals surface area contributed by atoms with Gasteiger partial charge >= 0.3 is 19.5 Å². The van der Waals surface area contributed by atoms with Crippen molar-refractivity contribution in [1.29, 1.82) is 0 Å². The van der Waals surface area contributed by atoms with Crippen molar-refractivity contribution < 1.29 is 19.5 Å². The molecule has 14 heavy (non-hydrogen) atoms. The van der Waals surface area contributed by atoms with Crippen molar-refractivity contribution >= 4 is 0 Å². The summed E-state index contributed by atoms with van der Waals surface area (Å²) in [6.07, 6.45) is 11.8. The first-order chi connectivity index (χ1) is 6.43. The van der Waals surface area contributed by atoms with Gasteiger partial charge in [0.2, 0.25) is 0 Å². The van der Waals surface area contributed by atoms with Crippen molar-refractivity contribution in [3.8, 4) is 0 Å². The number of nitrogens with one attached hydrogen (secondary N) is 2. The number of hydrogen-bond acceptors (Lipinski definition) is 0. The fraction of sp³-hybridized carbons (Fsp3) is 0.273. The number of rotatable bonds is 2. The Labute approximate surface area is 97.9 Å². The Balaban J connectivity index is 0.000000246. The molecular weight excluding hydrogens is 261 g/mol. The van der Waals surface area contributed by atoms with Crippen LogP contribution in [0.1, 0.15) is 18.9 Å². The van der Waals surface area contributed by atoms with Gasteiger partial charge in [0.1, 0.15) is 0 Å². The summed E-state index contributed by atoms with van der Waals surface area (Å²) in [4.78, 5) is 5.63. The maximum absolute atomic E-state index is 3.01. The monoisotopic (exact) mass is 276 g/mol. The molecule has 0 aliphatic carbocycles. The van der Waals surface area contributed by atoms with E-state index in [2.05, 4.69) is 35.4 Å². The standard InChI is InChI=1S/C7H10N.C4H4N.Ru/c1-2-3-7-4-5-8-6-7;1-2-4-5-3-1;/h4-5,8H,2-3H2,1H3;1-3,5H;/q2*-1;+2. The fourth-order valence-electron chi connectivity index (χ4n) is 0.974. The van der Waals surface area contributed by atoms with Crippen LogP contribution in [0.25, 0.3) is 0 Å². The Morgan fingerprint density at radius 2 is 2.14 bits per heavy atom. The van der Waals surface area contributed by atoms with Crippen molar-refractivity contribution in [1.82, 2.24) is 9.97 Å². The van der Waals surface area contributed by atoms with Crippen molar-refractivity contribution in [3.05, 3.63) is 48.5 Å². The maximum Gasteiger partial charge on any atom is 2.00 e. The second-order valence-corrected chi connectivity index (χ2v) is 2.69. The summed E-state index contributed by atoms with van der Waals surface area (Å²) in [6, 6.07) is 5.77. The molecule has 3 heteroatoms. The minimum Gasteiger partial charge on any atom is -0.484 e. The number of hydrogen-bond donors (Lipinski definition) is 2. The third-order valence-corrected chi connectivity index (χ3v) is 1.56.